The Hall–Kier alpha value is -1.61. The molecule has 1 aliphatic heterocycles. The van der Waals surface area contributed by atoms with E-state index in [1.54, 1.807) is 6.08 Å². The maximum absolute atomic E-state index is 11.0. The molecular weight excluding hydrogens is 178 g/mol. The van der Waals surface area contributed by atoms with Crippen LogP contribution in [-0.2, 0) is 9.53 Å². The molecule has 0 saturated carbocycles. The van der Waals surface area contributed by atoms with Crippen molar-refractivity contribution in [2.45, 2.75) is 6.23 Å². The Morgan fingerprint density at radius 1 is 1.50 bits per heavy atom. The number of nitrogens with one attached hydrogen (secondary N) is 1. The maximum atomic E-state index is 11.0. The van der Waals surface area contributed by atoms with E-state index in [0.29, 0.717) is 0 Å². The summed E-state index contributed by atoms with van der Waals surface area (Å²) in [6.07, 6.45) is 1.43. The number of hydrogen-bond acceptors (Lipinski definition) is 2. The molecule has 1 amide bonds. The largest absolute Gasteiger partial charge is 0.344 e. The third kappa shape index (κ3) is 1.54. The van der Waals surface area contributed by atoms with Crippen LogP contribution in [0.1, 0.15) is 17.4 Å². The second-order valence-corrected chi connectivity index (χ2v) is 3.09. The highest BCUT2D eigenvalue weighted by Gasteiger charge is 2.23. The number of rotatable bonds is 2. The summed E-state index contributed by atoms with van der Waals surface area (Å²) in [4.78, 5) is 11.0. The molecule has 0 radical (unpaired) electrons. The van der Waals surface area contributed by atoms with Crippen LogP contribution < -0.4 is 5.32 Å². The van der Waals surface area contributed by atoms with Gasteiger partial charge in [0.05, 0.1) is 0 Å². The molecule has 0 bridgehead atoms. The lowest BCUT2D eigenvalue weighted by molar-refractivity contribution is -0.119. The normalized spacial score (nSPS) is 20.6. The van der Waals surface area contributed by atoms with Crippen molar-refractivity contribution in [1.29, 1.82) is 0 Å². The Kier molecular flexibility index (Phi) is 2.33. The van der Waals surface area contributed by atoms with Crippen molar-refractivity contribution in [3.05, 3.63) is 42.0 Å². The Labute approximate surface area is 82.4 Å². The lowest BCUT2D eigenvalue weighted by atomic mass is 10.1. The Balaban J connectivity index is 2.31. The first-order valence-electron chi connectivity index (χ1n) is 4.43. The highest BCUT2D eigenvalue weighted by molar-refractivity contribution is 5.79. The summed E-state index contributed by atoms with van der Waals surface area (Å²) in [5, 5.41) is 2.74. The van der Waals surface area contributed by atoms with E-state index in [4.69, 9.17) is 4.74 Å². The van der Waals surface area contributed by atoms with Gasteiger partial charge in [-0.05, 0) is 5.56 Å². The average Bonchev–Trinajstić information content (AvgIpc) is 2.65. The summed E-state index contributed by atoms with van der Waals surface area (Å²) in [7, 11) is 0. The zero-order chi connectivity index (χ0) is 9.97. The minimum Gasteiger partial charge on any atom is -0.344 e. The SMILES string of the molecule is C=Cc1ccccc1C1NC(=O)CO1. The van der Waals surface area contributed by atoms with Gasteiger partial charge in [-0.25, -0.2) is 0 Å². The summed E-state index contributed by atoms with van der Waals surface area (Å²) >= 11 is 0. The fraction of sp³-hybridized carbons (Fsp3) is 0.182. The van der Waals surface area contributed by atoms with Crippen LogP contribution in [0.25, 0.3) is 6.08 Å². The van der Waals surface area contributed by atoms with Crippen molar-refractivity contribution in [1.82, 2.24) is 5.32 Å². The molecule has 14 heavy (non-hydrogen) atoms. The van der Waals surface area contributed by atoms with Crippen LogP contribution in [0, 0.1) is 0 Å². The lowest BCUT2D eigenvalue weighted by Gasteiger charge is -2.12. The highest BCUT2D eigenvalue weighted by atomic mass is 16.5. The van der Waals surface area contributed by atoms with E-state index in [2.05, 4.69) is 11.9 Å². The van der Waals surface area contributed by atoms with Gasteiger partial charge >= 0.3 is 0 Å². The van der Waals surface area contributed by atoms with E-state index in [1.165, 1.54) is 0 Å². The van der Waals surface area contributed by atoms with Gasteiger partial charge in [-0.1, -0.05) is 36.9 Å². The highest BCUT2D eigenvalue weighted by Crippen LogP contribution is 2.22. The summed E-state index contributed by atoms with van der Waals surface area (Å²) in [6, 6.07) is 7.71. The minimum absolute atomic E-state index is 0.0751. The number of amides is 1. The van der Waals surface area contributed by atoms with E-state index < -0.39 is 0 Å². The first-order chi connectivity index (χ1) is 6.81. The van der Waals surface area contributed by atoms with Gasteiger partial charge in [-0.2, -0.15) is 0 Å². The van der Waals surface area contributed by atoms with Crippen LogP contribution in [0.5, 0.6) is 0 Å². The second kappa shape index (κ2) is 3.64. The lowest BCUT2D eigenvalue weighted by Crippen LogP contribution is -2.20. The van der Waals surface area contributed by atoms with Crippen LogP contribution in [0.2, 0.25) is 0 Å². The summed E-state index contributed by atoms with van der Waals surface area (Å²) in [6.45, 7) is 3.85. The van der Waals surface area contributed by atoms with Crippen molar-refractivity contribution < 1.29 is 9.53 Å². The molecule has 1 heterocycles. The number of carbonyl (C=O) groups excluding carboxylic acids is 1. The summed E-state index contributed by atoms with van der Waals surface area (Å²) in [5.74, 6) is -0.0751. The predicted molar refractivity (Wildman–Crippen MR) is 53.4 cm³/mol. The van der Waals surface area contributed by atoms with Gasteiger partial charge in [0.25, 0.3) is 0 Å². The average molecular weight is 189 g/mol. The van der Waals surface area contributed by atoms with E-state index in [1.807, 2.05) is 24.3 Å². The first-order valence-corrected chi connectivity index (χ1v) is 4.43. The molecule has 1 unspecified atom stereocenters. The van der Waals surface area contributed by atoms with E-state index in [-0.39, 0.29) is 18.7 Å². The Bertz CT molecular complexity index is 373. The third-order valence-corrected chi connectivity index (χ3v) is 2.17. The standard InChI is InChI=1S/C11H11NO2/c1-2-8-5-3-4-6-9(8)11-12-10(13)7-14-11/h2-6,11H,1,7H2,(H,12,13). The van der Waals surface area contributed by atoms with Crippen LogP contribution in [0.4, 0.5) is 0 Å². The smallest absolute Gasteiger partial charge is 0.248 e. The van der Waals surface area contributed by atoms with E-state index >= 15 is 0 Å². The molecule has 1 aromatic carbocycles. The zero-order valence-corrected chi connectivity index (χ0v) is 7.69. The van der Waals surface area contributed by atoms with Crippen LogP contribution in [0.15, 0.2) is 30.8 Å². The van der Waals surface area contributed by atoms with Gasteiger partial charge in [-0.15, -0.1) is 0 Å². The maximum Gasteiger partial charge on any atom is 0.248 e. The molecule has 1 fully saturated rings. The van der Waals surface area contributed by atoms with Gasteiger partial charge in [-0.3, -0.25) is 4.79 Å². The molecular formula is C11H11NO2. The quantitative estimate of drug-likeness (QED) is 0.765. The van der Waals surface area contributed by atoms with Crippen molar-refractivity contribution in [3.8, 4) is 0 Å². The molecule has 0 aromatic heterocycles. The van der Waals surface area contributed by atoms with Crippen molar-refractivity contribution in [2.24, 2.45) is 0 Å². The molecule has 3 heteroatoms. The molecule has 3 nitrogen and oxygen atoms in total. The molecule has 72 valence electrons. The molecule has 1 aromatic rings. The van der Waals surface area contributed by atoms with E-state index in [9.17, 15) is 4.79 Å². The second-order valence-electron chi connectivity index (χ2n) is 3.09. The minimum atomic E-state index is -0.323. The van der Waals surface area contributed by atoms with Gasteiger partial charge in [0, 0.05) is 5.56 Å². The summed E-state index contributed by atoms with van der Waals surface area (Å²) in [5.41, 5.74) is 1.94. The van der Waals surface area contributed by atoms with Gasteiger partial charge in [0.1, 0.15) is 6.61 Å². The Morgan fingerprint density at radius 3 is 2.93 bits per heavy atom. The molecule has 0 aliphatic carbocycles. The van der Waals surface area contributed by atoms with Crippen LogP contribution in [-0.4, -0.2) is 12.5 Å². The fourth-order valence-corrected chi connectivity index (χ4v) is 1.49. The summed E-state index contributed by atoms with van der Waals surface area (Å²) < 4.78 is 5.29. The molecule has 1 atom stereocenters. The number of hydrogen-bond donors (Lipinski definition) is 1. The van der Waals surface area contributed by atoms with Crippen LogP contribution in [0.3, 0.4) is 0 Å². The molecule has 1 saturated heterocycles. The third-order valence-electron chi connectivity index (χ3n) is 2.17. The van der Waals surface area contributed by atoms with Gasteiger partial charge in [0.15, 0.2) is 6.23 Å². The zero-order valence-electron chi connectivity index (χ0n) is 7.69. The fourth-order valence-electron chi connectivity index (χ4n) is 1.49. The first kappa shape index (κ1) is 8.97. The van der Waals surface area contributed by atoms with Crippen molar-refractivity contribution in [3.63, 3.8) is 0 Å². The van der Waals surface area contributed by atoms with Gasteiger partial charge in [0.2, 0.25) is 5.91 Å². The number of carbonyl (C=O) groups is 1. The molecule has 1 aliphatic rings. The Morgan fingerprint density at radius 2 is 2.29 bits per heavy atom. The number of benzene rings is 1. The molecule has 2 rings (SSSR count). The number of ether oxygens (including phenoxy) is 1. The molecule has 1 N–H and O–H groups in total. The van der Waals surface area contributed by atoms with Crippen molar-refractivity contribution >= 4 is 12.0 Å². The van der Waals surface area contributed by atoms with E-state index in [0.717, 1.165) is 11.1 Å². The van der Waals surface area contributed by atoms with Crippen molar-refractivity contribution in [2.75, 3.05) is 6.61 Å². The topological polar surface area (TPSA) is 38.3 Å². The predicted octanol–water partition coefficient (Wildman–Crippen LogP) is 1.47. The van der Waals surface area contributed by atoms with Gasteiger partial charge < -0.3 is 10.1 Å². The monoisotopic (exact) mass is 189 g/mol. The molecule has 0 spiro atoms. The van der Waals surface area contributed by atoms with Crippen LogP contribution >= 0.6 is 0 Å².